The van der Waals surface area contributed by atoms with Gasteiger partial charge in [-0.25, -0.2) is 5.43 Å². The van der Waals surface area contributed by atoms with Crippen molar-refractivity contribution in [1.82, 2.24) is 5.43 Å². The number of carbonyl (C=O) groups is 1. The van der Waals surface area contributed by atoms with Crippen LogP contribution in [0.2, 0.25) is 0 Å². The second-order valence-electron chi connectivity index (χ2n) is 6.53. The average molecular weight is 368 g/mol. The summed E-state index contributed by atoms with van der Waals surface area (Å²) in [4.78, 5) is 11.6. The Hall–Kier alpha value is -2.82. The lowest BCUT2D eigenvalue weighted by molar-refractivity contribution is -0.121. The molecule has 0 aliphatic carbocycles. The van der Waals surface area contributed by atoms with Crippen molar-refractivity contribution in [3.05, 3.63) is 58.7 Å². The lowest BCUT2D eigenvalue weighted by atomic mass is 10.1. The molecule has 0 bridgehead atoms. The maximum atomic E-state index is 11.6. The molecule has 5 nitrogen and oxygen atoms in total. The van der Waals surface area contributed by atoms with Crippen molar-refractivity contribution in [2.24, 2.45) is 5.10 Å². The third-order valence-electron chi connectivity index (χ3n) is 4.24. The highest BCUT2D eigenvalue weighted by Crippen LogP contribution is 2.28. The fraction of sp³-hybridized carbons (Fsp3) is 0.364. The van der Waals surface area contributed by atoms with Crippen molar-refractivity contribution in [3.8, 4) is 11.5 Å². The number of hydrogen-bond acceptors (Lipinski definition) is 4. The third-order valence-corrected chi connectivity index (χ3v) is 4.24. The van der Waals surface area contributed by atoms with Gasteiger partial charge in [-0.05, 0) is 55.2 Å². The van der Waals surface area contributed by atoms with Crippen molar-refractivity contribution in [3.63, 3.8) is 0 Å². The van der Waals surface area contributed by atoms with Crippen molar-refractivity contribution < 1.29 is 14.3 Å². The molecule has 2 aromatic rings. The first-order chi connectivity index (χ1) is 13.0. The van der Waals surface area contributed by atoms with Crippen LogP contribution >= 0.6 is 0 Å². The average Bonchev–Trinajstić information content (AvgIpc) is 2.67. The number of ether oxygens (including phenoxy) is 2. The number of aryl methyl sites for hydroxylation is 2. The first-order valence-electron chi connectivity index (χ1n) is 9.22. The van der Waals surface area contributed by atoms with Crippen LogP contribution in [0.25, 0.3) is 0 Å². The molecule has 0 fully saturated rings. The van der Waals surface area contributed by atoms with Crippen LogP contribution in [0.3, 0.4) is 0 Å². The van der Waals surface area contributed by atoms with E-state index < -0.39 is 0 Å². The molecule has 0 aliphatic heterocycles. The highest BCUT2D eigenvalue weighted by molar-refractivity contribution is 5.83. The quantitative estimate of drug-likeness (QED) is 0.522. The largest absolute Gasteiger partial charge is 0.493 e. The van der Waals surface area contributed by atoms with E-state index in [-0.39, 0.29) is 5.91 Å². The lowest BCUT2D eigenvalue weighted by Crippen LogP contribution is -2.16. The Morgan fingerprint density at radius 2 is 1.96 bits per heavy atom. The fourth-order valence-corrected chi connectivity index (χ4v) is 2.57. The molecule has 0 aromatic heterocycles. The lowest BCUT2D eigenvalue weighted by Gasteiger charge is -2.13. The van der Waals surface area contributed by atoms with Crippen LogP contribution in [-0.2, 0) is 11.4 Å². The smallest absolute Gasteiger partial charge is 0.240 e. The van der Waals surface area contributed by atoms with Gasteiger partial charge in [0.1, 0.15) is 6.61 Å². The van der Waals surface area contributed by atoms with Crippen molar-refractivity contribution in [2.75, 3.05) is 7.11 Å². The number of hydrogen-bond donors (Lipinski definition) is 1. The zero-order valence-electron chi connectivity index (χ0n) is 16.5. The second kappa shape index (κ2) is 10.4. The molecular formula is C22H28N2O3. The van der Waals surface area contributed by atoms with Gasteiger partial charge >= 0.3 is 0 Å². The summed E-state index contributed by atoms with van der Waals surface area (Å²) in [5, 5.41) is 3.99. The van der Waals surface area contributed by atoms with Crippen LogP contribution < -0.4 is 14.9 Å². The molecule has 144 valence electrons. The summed E-state index contributed by atoms with van der Waals surface area (Å²) in [5.74, 6) is 1.22. The molecular weight excluding hydrogens is 340 g/mol. The Morgan fingerprint density at radius 3 is 2.70 bits per heavy atom. The van der Waals surface area contributed by atoms with E-state index in [1.54, 1.807) is 13.3 Å². The van der Waals surface area contributed by atoms with Gasteiger partial charge in [0.25, 0.3) is 0 Å². The Balaban J connectivity index is 2.01. The summed E-state index contributed by atoms with van der Waals surface area (Å²) in [7, 11) is 1.60. The molecule has 0 atom stereocenters. The van der Waals surface area contributed by atoms with E-state index in [2.05, 4.69) is 42.6 Å². The summed E-state index contributed by atoms with van der Waals surface area (Å²) in [5.41, 5.74) is 6.91. The van der Waals surface area contributed by atoms with Gasteiger partial charge in [-0.2, -0.15) is 5.10 Å². The predicted octanol–water partition coefficient (Wildman–Crippen LogP) is 4.53. The van der Waals surface area contributed by atoms with E-state index in [1.807, 2.05) is 25.1 Å². The minimum atomic E-state index is -0.0754. The summed E-state index contributed by atoms with van der Waals surface area (Å²) in [6.07, 6.45) is 3.93. The van der Waals surface area contributed by atoms with Gasteiger partial charge in [0.2, 0.25) is 5.91 Å². The highest BCUT2D eigenvalue weighted by Gasteiger charge is 2.07. The number of methoxy groups -OCH3 is 1. The first kappa shape index (κ1) is 20.5. The minimum absolute atomic E-state index is 0.0754. The second-order valence-corrected chi connectivity index (χ2v) is 6.53. The number of nitrogens with one attached hydrogen (secondary N) is 1. The number of hydrazone groups is 1. The topological polar surface area (TPSA) is 59.9 Å². The number of amides is 1. The summed E-state index contributed by atoms with van der Waals surface area (Å²) in [6.45, 7) is 6.67. The molecule has 27 heavy (non-hydrogen) atoms. The van der Waals surface area contributed by atoms with Crippen molar-refractivity contribution in [2.45, 2.75) is 46.6 Å². The number of unbranched alkanes of at least 4 members (excludes halogenated alkanes) is 1. The molecule has 0 unspecified atom stereocenters. The number of carbonyl (C=O) groups excluding carboxylic acids is 1. The van der Waals surface area contributed by atoms with Crippen LogP contribution in [0.4, 0.5) is 0 Å². The Morgan fingerprint density at radius 1 is 1.15 bits per heavy atom. The van der Waals surface area contributed by atoms with E-state index in [0.717, 1.165) is 24.0 Å². The zero-order chi connectivity index (χ0) is 19.6. The first-order valence-corrected chi connectivity index (χ1v) is 9.22. The molecule has 0 aliphatic rings. The molecule has 1 N–H and O–H groups in total. The molecule has 2 aromatic carbocycles. The summed E-state index contributed by atoms with van der Waals surface area (Å²) in [6, 6.07) is 11.9. The van der Waals surface area contributed by atoms with E-state index >= 15 is 0 Å². The van der Waals surface area contributed by atoms with Gasteiger partial charge in [0.15, 0.2) is 11.5 Å². The minimum Gasteiger partial charge on any atom is -0.493 e. The van der Waals surface area contributed by atoms with E-state index in [0.29, 0.717) is 24.5 Å². The normalized spacial score (nSPS) is 10.8. The fourth-order valence-electron chi connectivity index (χ4n) is 2.57. The molecule has 0 saturated carbocycles. The van der Waals surface area contributed by atoms with Gasteiger partial charge in [0.05, 0.1) is 13.3 Å². The van der Waals surface area contributed by atoms with Gasteiger partial charge < -0.3 is 9.47 Å². The predicted molar refractivity (Wildman–Crippen MR) is 109 cm³/mol. The van der Waals surface area contributed by atoms with Gasteiger partial charge in [-0.15, -0.1) is 0 Å². The SMILES string of the molecule is CCCCC(=O)N/N=C/c1ccc(OCc2cc(C)ccc2C)c(OC)c1. The van der Waals surface area contributed by atoms with Crippen LogP contribution in [0.1, 0.15) is 48.4 Å². The van der Waals surface area contributed by atoms with E-state index in [9.17, 15) is 4.79 Å². The number of benzene rings is 2. The van der Waals surface area contributed by atoms with Crippen LogP contribution in [0.5, 0.6) is 11.5 Å². The molecule has 0 radical (unpaired) electrons. The molecule has 0 spiro atoms. The maximum Gasteiger partial charge on any atom is 0.240 e. The Bertz CT molecular complexity index is 800. The monoisotopic (exact) mass is 368 g/mol. The standard InChI is InChI=1S/C22H28N2O3/c1-5-6-7-22(25)24-23-14-18-10-11-20(21(13-18)26-4)27-15-19-12-16(2)8-9-17(19)3/h8-14H,5-7,15H2,1-4H3,(H,24,25)/b23-14+. The molecule has 0 saturated heterocycles. The van der Waals surface area contributed by atoms with Crippen LogP contribution in [0, 0.1) is 13.8 Å². The van der Waals surface area contributed by atoms with Gasteiger partial charge in [0, 0.05) is 6.42 Å². The van der Waals surface area contributed by atoms with Gasteiger partial charge in [-0.1, -0.05) is 37.1 Å². The zero-order valence-corrected chi connectivity index (χ0v) is 16.5. The number of nitrogens with zero attached hydrogens (tertiary/aromatic N) is 1. The Labute approximate surface area is 161 Å². The van der Waals surface area contributed by atoms with Crippen LogP contribution in [0.15, 0.2) is 41.5 Å². The molecule has 2 rings (SSSR count). The molecule has 5 heteroatoms. The van der Waals surface area contributed by atoms with Crippen molar-refractivity contribution >= 4 is 12.1 Å². The van der Waals surface area contributed by atoms with E-state index in [4.69, 9.17) is 9.47 Å². The van der Waals surface area contributed by atoms with E-state index in [1.165, 1.54) is 11.1 Å². The summed E-state index contributed by atoms with van der Waals surface area (Å²) >= 11 is 0. The van der Waals surface area contributed by atoms with Crippen molar-refractivity contribution in [1.29, 1.82) is 0 Å². The molecule has 1 amide bonds. The maximum absolute atomic E-state index is 11.6. The summed E-state index contributed by atoms with van der Waals surface area (Å²) < 4.78 is 11.4. The number of rotatable bonds is 9. The third kappa shape index (κ3) is 6.44. The van der Waals surface area contributed by atoms with Gasteiger partial charge in [-0.3, -0.25) is 4.79 Å². The Kier molecular flexibility index (Phi) is 7.86. The van der Waals surface area contributed by atoms with Crippen LogP contribution in [-0.4, -0.2) is 19.2 Å². The molecule has 0 heterocycles. The highest BCUT2D eigenvalue weighted by atomic mass is 16.5.